The number of carbonyl (C=O) groups excluding carboxylic acids is 2. The zero-order valence-corrected chi connectivity index (χ0v) is 18.6. The van der Waals surface area contributed by atoms with Crippen molar-refractivity contribution < 1.29 is 18.0 Å². The maximum Gasteiger partial charge on any atom is 0.243 e. The molecule has 2 heterocycles. The van der Waals surface area contributed by atoms with E-state index in [4.69, 9.17) is 0 Å². The topological polar surface area (TPSA) is 86.8 Å². The van der Waals surface area contributed by atoms with E-state index in [1.807, 2.05) is 18.7 Å². The van der Waals surface area contributed by atoms with Crippen molar-refractivity contribution >= 4 is 27.5 Å². The van der Waals surface area contributed by atoms with Crippen molar-refractivity contribution in [2.24, 2.45) is 11.8 Å². The van der Waals surface area contributed by atoms with Crippen LogP contribution < -0.4 is 10.2 Å². The molecule has 2 fully saturated rings. The van der Waals surface area contributed by atoms with Gasteiger partial charge in [0.2, 0.25) is 21.8 Å². The summed E-state index contributed by atoms with van der Waals surface area (Å²) < 4.78 is 27.9. The molecule has 0 bridgehead atoms. The smallest absolute Gasteiger partial charge is 0.243 e. The van der Waals surface area contributed by atoms with E-state index < -0.39 is 10.0 Å². The molecule has 1 aromatic rings. The first-order valence-corrected chi connectivity index (χ1v) is 12.5. The first-order valence-electron chi connectivity index (χ1n) is 11.1. The van der Waals surface area contributed by atoms with Crippen LogP contribution in [-0.4, -0.2) is 50.2 Å². The Hall–Kier alpha value is -1.93. The van der Waals surface area contributed by atoms with Crippen LogP contribution in [0, 0.1) is 11.8 Å². The maximum atomic E-state index is 13.2. The average molecular weight is 434 g/mol. The molecule has 2 amide bonds. The molecule has 30 heavy (non-hydrogen) atoms. The number of piperidine rings is 1. The van der Waals surface area contributed by atoms with E-state index in [1.165, 1.54) is 4.31 Å². The highest BCUT2D eigenvalue weighted by molar-refractivity contribution is 7.89. The zero-order chi connectivity index (χ0) is 21.5. The number of rotatable bonds is 6. The second-order valence-corrected chi connectivity index (χ2v) is 10.7. The first kappa shape index (κ1) is 21.3. The lowest BCUT2D eigenvalue weighted by Crippen LogP contribution is -2.43. The molecular weight excluding hydrogens is 402 g/mol. The van der Waals surface area contributed by atoms with Gasteiger partial charge in [-0.15, -0.1) is 0 Å². The minimum absolute atomic E-state index is 0.0286. The Morgan fingerprint density at radius 2 is 1.80 bits per heavy atom. The van der Waals surface area contributed by atoms with Crippen LogP contribution in [0.25, 0.3) is 0 Å². The lowest BCUT2D eigenvalue weighted by Gasteiger charge is -2.30. The third-order valence-electron chi connectivity index (χ3n) is 6.44. The normalized spacial score (nSPS) is 22.7. The van der Waals surface area contributed by atoms with E-state index in [9.17, 15) is 18.0 Å². The Morgan fingerprint density at radius 1 is 1.10 bits per heavy atom. The minimum Gasteiger partial charge on any atom is -0.356 e. The summed E-state index contributed by atoms with van der Waals surface area (Å²) in [6.07, 6.45) is 4.56. The van der Waals surface area contributed by atoms with Crippen molar-refractivity contribution in [2.45, 2.75) is 63.3 Å². The summed E-state index contributed by atoms with van der Waals surface area (Å²) in [5, 5.41) is 2.91. The average Bonchev–Trinajstić information content (AvgIpc) is 3.53. The van der Waals surface area contributed by atoms with Gasteiger partial charge >= 0.3 is 0 Å². The van der Waals surface area contributed by atoms with Gasteiger partial charge in [0.05, 0.1) is 4.90 Å². The van der Waals surface area contributed by atoms with E-state index in [-0.39, 0.29) is 34.6 Å². The molecule has 164 valence electrons. The van der Waals surface area contributed by atoms with Crippen molar-refractivity contribution in [2.75, 3.05) is 24.5 Å². The number of hydrogen-bond donors (Lipinski definition) is 1. The molecule has 3 aliphatic rings. The Kier molecular flexibility index (Phi) is 5.90. The number of carbonyl (C=O) groups is 2. The molecule has 1 saturated carbocycles. The molecule has 1 aromatic carbocycles. The van der Waals surface area contributed by atoms with Crippen LogP contribution in [-0.2, 0) is 26.0 Å². The third-order valence-corrected chi connectivity index (χ3v) is 8.34. The van der Waals surface area contributed by atoms with Crippen molar-refractivity contribution in [3.8, 4) is 0 Å². The van der Waals surface area contributed by atoms with E-state index in [1.54, 1.807) is 18.2 Å². The van der Waals surface area contributed by atoms with Crippen LogP contribution in [0.5, 0.6) is 0 Å². The SMILES string of the molecule is CCCNC(=O)C1CCN(S(=O)(=O)c2ccc3c(c2)CC(C)N3C(=O)C2CC2)CC1. The van der Waals surface area contributed by atoms with Gasteiger partial charge in [0, 0.05) is 43.2 Å². The molecule has 1 atom stereocenters. The maximum absolute atomic E-state index is 13.2. The number of fused-ring (bicyclic) bond motifs is 1. The van der Waals surface area contributed by atoms with E-state index in [2.05, 4.69) is 5.32 Å². The van der Waals surface area contributed by atoms with Crippen LogP contribution in [0.15, 0.2) is 23.1 Å². The Morgan fingerprint density at radius 3 is 2.43 bits per heavy atom. The highest BCUT2D eigenvalue weighted by atomic mass is 32.2. The number of nitrogens with one attached hydrogen (secondary N) is 1. The summed E-state index contributed by atoms with van der Waals surface area (Å²) >= 11 is 0. The van der Waals surface area contributed by atoms with Crippen LogP contribution in [0.2, 0.25) is 0 Å². The highest BCUT2D eigenvalue weighted by Crippen LogP contribution is 2.40. The summed E-state index contributed by atoms with van der Waals surface area (Å²) in [6, 6.07) is 5.21. The van der Waals surface area contributed by atoms with Gasteiger partial charge in [-0.2, -0.15) is 4.31 Å². The lowest BCUT2D eigenvalue weighted by molar-refractivity contribution is -0.126. The molecule has 4 rings (SSSR count). The van der Waals surface area contributed by atoms with Crippen molar-refractivity contribution in [1.29, 1.82) is 0 Å². The number of amides is 2. The van der Waals surface area contributed by atoms with Gasteiger partial charge in [-0.1, -0.05) is 6.92 Å². The Bertz CT molecular complexity index is 934. The molecule has 2 aliphatic heterocycles. The highest BCUT2D eigenvalue weighted by Gasteiger charge is 2.40. The molecule has 1 unspecified atom stereocenters. The van der Waals surface area contributed by atoms with Crippen LogP contribution in [0.1, 0.15) is 51.5 Å². The predicted octanol–water partition coefficient (Wildman–Crippen LogP) is 2.30. The van der Waals surface area contributed by atoms with Crippen LogP contribution >= 0.6 is 0 Å². The molecular formula is C22H31N3O4S. The number of benzene rings is 1. The van der Waals surface area contributed by atoms with E-state index in [0.717, 1.165) is 30.5 Å². The molecule has 1 saturated heterocycles. The minimum atomic E-state index is -3.61. The summed E-state index contributed by atoms with van der Waals surface area (Å²) in [5.41, 5.74) is 1.77. The first-order chi connectivity index (χ1) is 14.3. The molecule has 0 aromatic heterocycles. The quantitative estimate of drug-likeness (QED) is 0.746. The molecule has 8 heteroatoms. The number of anilines is 1. The number of sulfonamides is 1. The van der Waals surface area contributed by atoms with E-state index >= 15 is 0 Å². The van der Waals surface area contributed by atoms with Crippen LogP contribution in [0.3, 0.4) is 0 Å². The van der Waals surface area contributed by atoms with Gasteiger partial charge in [-0.25, -0.2) is 8.42 Å². The molecule has 1 aliphatic carbocycles. The molecule has 0 spiro atoms. The molecule has 1 N–H and O–H groups in total. The fraction of sp³-hybridized carbons (Fsp3) is 0.636. The zero-order valence-electron chi connectivity index (χ0n) is 17.8. The standard InChI is InChI=1S/C22H31N3O4S/c1-3-10-23-21(26)16-8-11-24(12-9-16)30(28,29)19-6-7-20-18(14-19)13-15(2)25(20)22(27)17-4-5-17/h6-7,14-17H,3-5,8-13H2,1-2H3,(H,23,26). The van der Waals surface area contributed by atoms with Crippen molar-refractivity contribution in [3.63, 3.8) is 0 Å². The van der Waals surface area contributed by atoms with Gasteiger partial charge < -0.3 is 10.2 Å². The monoisotopic (exact) mass is 433 g/mol. The van der Waals surface area contributed by atoms with Gasteiger partial charge in [-0.3, -0.25) is 9.59 Å². The van der Waals surface area contributed by atoms with E-state index in [0.29, 0.717) is 38.9 Å². The van der Waals surface area contributed by atoms with Gasteiger partial charge in [0.1, 0.15) is 0 Å². The Balaban J connectivity index is 1.46. The second-order valence-electron chi connectivity index (χ2n) is 8.80. The Labute approximate surface area is 178 Å². The molecule has 7 nitrogen and oxygen atoms in total. The third kappa shape index (κ3) is 3.99. The largest absolute Gasteiger partial charge is 0.356 e. The number of hydrogen-bond acceptors (Lipinski definition) is 4. The van der Waals surface area contributed by atoms with Gasteiger partial charge in [0.15, 0.2) is 0 Å². The fourth-order valence-corrected chi connectivity index (χ4v) is 6.05. The summed E-state index contributed by atoms with van der Waals surface area (Å²) in [4.78, 5) is 26.9. The summed E-state index contributed by atoms with van der Waals surface area (Å²) in [6.45, 7) is 5.39. The predicted molar refractivity (Wildman–Crippen MR) is 115 cm³/mol. The van der Waals surface area contributed by atoms with Crippen molar-refractivity contribution in [1.82, 2.24) is 9.62 Å². The van der Waals surface area contributed by atoms with Crippen molar-refractivity contribution in [3.05, 3.63) is 23.8 Å². The summed E-state index contributed by atoms with van der Waals surface area (Å²) in [7, 11) is -3.61. The van der Waals surface area contributed by atoms with Gasteiger partial charge in [-0.05, 0) is 69.2 Å². The van der Waals surface area contributed by atoms with Crippen LogP contribution in [0.4, 0.5) is 5.69 Å². The molecule has 0 radical (unpaired) electrons. The number of nitrogens with zero attached hydrogens (tertiary/aromatic N) is 2. The second kappa shape index (κ2) is 8.30. The fourth-order valence-electron chi connectivity index (χ4n) is 4.53. The lowest BCUT2D eigenvalue weighted by atomic mass is 9.97. The summed E-state index contributed by atoms with van der Waals surface area (Å²) in [5.74, 6) is 0.213. The van der Waals surface area contributed by atoms with Gasteiger partial charge in [0.25, 0.3) is 0 Å².